The van der Waals surface area contributed by atoms with Gasteiger partial charge in [0.1, 0.15) is 20.2 Å². The highest BCUT2D eigenvalue weighted by molar-refractivity contribution is 6.34. The van der Waals surface area contributed by atoms with Crippen molar-refractivity contribution < 1.29 is 4.74 Å². The van der Waals surface area contributed by atoms with E-state index in [1.165, 1.54) is 22.2 Å². The standard InChI is InChI=1S/C15H17BO/c1-11-8-14(9-12(2)15(11)16)17-10-13-6-4-3-5-7-13/h3-9H,10,16H2,1-2H3. The van der Waals surface area contributed by atoms with Crippen molar-refractivity contribution >= 4 is 13.3 Å². The van der Waals surface area contributed by atoms with Gasteiger partial charge in [0, 0.05) is 0 Å². The Morgan fingerprint density at radius 3 is 2.18 bits per heavy atom. The lowest BCUT2D eigenvalue weighted by molar-refractivity contribution is 0.306. The third kappa shape index (κ3) is 2.91. The molecule has 0 amide bonds. The summed E-state index contributed by atoms with van der Waals surface area (Å²) in [6, 6.07) is 14.4. The van der Waals surface area contributed by atoms with E-state index >= 15 is 0 Å². The molecule has 0 aliphatic rings. The van der Waals surface area contributed by atoms with Crippen molar-refractivity contribution in [2.45, 2.75) is 20.5 Å². The van der Waals surface area contributed by atoms with Crippen LogP contribution in [0.4, 0.5) is 0 Å². The molecule has 86 valence electrons. The van der Waals surface area contributed by atoms with Gasteiger partial charge in [-0.3, -0.25) is 0 Å². The molecule has 0 saturated heterocycles. The second-order valence-corrected chi connectivity index (χ2v) is 4.46. The molecule has 1 nitrogen and oxygen atoms in total. The van der Waals surface area contributed by atoms with Crippen molar-refractivity contribution in [1.29, 1.82) is 0 Å². The predicted octanol–water partition coefficient (Wildman–Crippen LogP) is 2.14. The van der Waals surface area contributed by atoms with Crippen molar-refractivity contribution in [3.05, 3.63) is 59.2 Å². The SMILES string of the molecule is Bc1c(C)cc(OCc2ccccc2)cc1C. The van der Waals surface area contributed by atoms with Crippen LogP contribution in [-0.2, 0) is 6.61 Å². The Morgan fingerprint density at radius 1 is 1.00 bits per heavy atom. The molecule has 2 aromatic carbocycles. The minimum Gasteiger partial charge on any atom is -0.489 e. The third-order valence-corrected chi connectivity index (χ3v) is 3.15. The van der Waals surface area contributed by atoms with Gasteiger partial charge in [-0.15, -0.1) is 0 Å². The molecule has 0 aliphatic heterocycles. The summed E-state index contributed by atoms with van der Waals surface area (Å²) in [4.78, 5) is 0. The van der Waals surface area contributed by atoms with E-state index in [9.17, 15) is 0 Å². The maximum absolute atomic E-state index is 5.81. The van der Waals surface area contributed by atoms with Crippen LogP contribution in [0.15, 0.2) is 42.5 Å². The quantitative estimate of drug-likeness (QED) is 0.726. The average molecular weight is 224 g/mol. The Balaban J connectivity index is 2.10. The highest BCUT2D eigenvalue weighted by Gasteiger charge is 2.01. The first-order valence-corrected chi connectivity index (χ1v) is 5.91. The fraction of sp³-hybridized carbons (Fsp3) is 0.200. The van der Waals surface area contributed by atoms with Gasteiger partial charge in [0.2, 0.25) is 0 Å². The van der Waals surface area contributed by atoms with Crippen molar-refractivity contribution in [1.82, 2.24) is 0 Å². The lowest BCUT2D eigenvalue weighted by Crippen LogP contribution is -2.11. The molecule has 0 saturated carbocycles. The molecular formula is C15H17BO. The van der Waals surface area contributed by atoms with Gasteiger partial charge in [-0.25, -0.2) is 0 Å². The van der Waals surface area contributed by atoms with Crippen LogP contribution >= 0.6 is 0 Å². The molecule has 2 aromatic rings. The Labute approximate surface area is 104 Å². The van der Waals surface area contributed by atoms with Crippen LogP contribution in [0.1, 0.15) is 16.7 Å². The Bertz CT molecular complexity index is 483. The van der Waals surface area contributed by atoms with Crippen molar-refractivity contribution in [2.75, 3.05) is 0 Å². The van der Waals surface area contributed by atoms with E-state index in [2.05, 4.69) is 46.0 Å². The zero-order valence-electron chi connectivity index (χ0n) is 10.7. The normalized spacial score (nSPS) is 10.2. The van der Waals surface area contributed by atoms with Crippen molar-refractivity contribution in [3.8, 4) is 5.75 Å². The molecule has 0 bridgehead atoms. The monoisotopic (exact) mass is 224 g/mol. The van der Waals surface area contributed by atoms with Crippen LogP contribution in [0.25, 0.3) is 0 Å². The summed E-state index contributed by atoms with van der Waals surface area (Å²) in [5.74, 6) is 0.953. The summed E-state index contributed by atoms with van der Waals surface area (Å²) in [7, 11) is 2.14. The topological polar surface area (TPSA) is 9.23 Å². The minimum absolute atomic E-state index is 0.628. The largest absolute Gasteiger partial charge is 0.489 e. The van der Waals surface area contributed by atoms with E-state index in [-0.39, 0.29) is 0 Å². The zero-order valence-corrected chi connectivity index (χ0v) is 10.7. The molecule has 0 atom stereocenters. The van der Waals surface area contributed by atoms with Gasteiger partial charge < -0.3 is 4.74 Å². The third-order valence-electron chi connectivity index (χ3n) is 3.15. The van der Waals surface area contributed by atoms with Gasteiger partial charge in [-0.1, -0.05) is 46.9 Å². The molecule has 0 aliphatic carbocycles. The van der Waals surface area contributed by atoms with E-state index in [1.807, 2.05) is 18.2 Å². The van der Waals surface area contributed by atoms with Crippen LogP contribution in [0.3, 0.4) is 0 Å². The predicted molar refractivity (Wildman–Crippen MR) is 74.9 cm³/mol. The van der Waals surface area contributed by atoms with Crippen LogP contribution in [0, 0.1) is 13.8 Å². The number of hydrogen-bond donors (Lipinski definition) is 0. The van der Waals surface area contributed by atoms with Crippen LogP contribution in [0.2, 0.25) is 0 Å². The molecule has 0 spiro atoms. The molecule has 2 heteroatoms. The smallest absolute Gasteiger partial charge is 0.139 e. The summed E-state index contributed by atoms with van der Waals surface area (Å²) >= 11 is 0. The second-order valence-electron chi connectivity index (χ2n) is 4.46. The summed E-state index contributed by atoms with van der Waals surface area (Å²) in [5.41, 5.74) is 5.11. The van der Waals surface area contributed by atoms with E-state index in [0.717, 1.165) is 5.75 Å². The molecule has 17 heavy (non-hydrogen) atoms. The van der Waals surface area contributed by atoms with Gasteiger partial charge in [-0.2, -0.15) is 0 Å². The molecule has 0 fully saturated rings. The first kappa shape index (κ1) is 11.8. The van der Waals surface area contributed by atoms with Crippen molar-refractivity contribution in [2.24, 2.45) is 0 Å². The first-order chi connectivity index (χ1) is 8.16. The number of hydrogen-bond acceptors (Lipinski definition) is 1. The summed E-state index contributed by atoms with van der Waals surface area (Å²) in [6.45, 7) is 4.87. The maximum Gasteiger partial charge on any atom is 0.139 e. The van der Waals surface area contributed by atoms with E-state index in [1.54, 1.807) is 0 Å². The number of benzene rings is 2. The second kappa shape index (κ2) is 5.09. The minimum atomic E-state index is 0.628. The summed E-state index contributed by atoms with van der Waals surface area (Å²) in [5, 5.41) is 0. The van der Waals surface area contributed by atoms with Gasteiger partial charge in [0.05, 0.1) is 0 Å². The Hall–Kier alpha value is -1.70. The Morgan fingerprint density at radius 2 is 1.59 bits per heavy atom. The van der Waals surface area contributed by atoms with Gasteiger partial charge in [0.15, 0.2) is 0 Å². The summed E-state index contributed by atoms with van der Waals surface area (Å²) in [6.07, 6.45) is 0. The fourth-order valence-electron chi connectivity index (χ4n) is 1.82. The number of ether oxygens (including phenoxy) is 1. The van der Waals surface area contributed by atoms with Crippen molar-refractivity contribution in [3.63, 3.8) is 0 Å². The van der Waals surface area contributed by atoms with Gasteiger partial charge >= 0.3 is 0 Å². The van der Waals surface area contributed by atoms with Crippen LogP contribution in [0.5, 0.6) is 5.75 Å². The lowest BCUT2D eigenvalue weighted by atomic mass is 9.87. The molecular weight excluding hydrogens is 207 g/mol. The summed E-state index contributed by atoms with van der Waals surface area (Å²) < 4.78 is 5.81. The molecule has 0 unspecified atom stereocenters. The highest BCUT2D eigenvalue weighted by atomic mass is 16.5. The molecule has 0 aromatic heterocycles. The van der Waals surface area contributed by atoms with E-state index < -0.39 is 0 Å². The van der Waals surface area contributed by atoms with Gasteiger partial charge in [-0.05, 0) is 31.5 Å². The number of rotatable bonds is 3. The molecule has 0 N–H and O–H groups in total. The lowest BCUT2D eigenvalue weighted by Gasteiger charge is -2.11. The first-order valence-electron chi connectivity index (χ1n) is 5.91. The fourth-order valence-corrected chi connectivity index (χ4v) is 1.82. The van der Waals surface area contributed by atoms with Gasteiger partial charge in [0.25, 0.3) is 0 Å². The van der Waals surface area contributed by atoms with Crippen LogP contribution < -0.4 is 10.2 Å². The highest BCUT2D eigenvalue weighted by Crippen LogP contribution is 2.15. The maximum atomic E-state index is 5.81. The average Bonchev–Trinajstić information content (AvgIpc) is 2.34. The van der Waals surface area contributed by atoms with Crippen LogP contribution in [-0.4, -0.2) is 7.85 Å². The molecule has 0 heterocycles. The van der Waals surface area contributed by atoms with E-state index in [4.69, 9.17) is 4.74 Å². The molecule has 0 radical (unpaired) electrons. The molecule has 2 rings (SSSR count). The number of aryl methyl sites for hydroxylation is 2. The Kier molecular flexibility index (Phi) is 3.53. The van der Waals surface area contributed by atoms with E-state index in [0.29, 0.717) is 6.61 Å². The zero-order chi connectivity index (χ0) is 12.3.